The smallest absolute Gasteiger partial charge is 0.342 e. The van der Waals surface area contributed by atoms with Gasteiger partial charge in [0.2, 0.25) is 0 Å². The first kappa shape index (κ1) is 17.0. The maximum absolute atomic E-state index is 12.1. The zero-order valence-electron chi connectivity index (χ0n) is 12.7. The summed E-state index contributed by atoms with van der Waals surface area (Å²) in [5, 5.41) is 12.5. The van der Waals surface area contributed by atoms with Gasteiger partial charge in [0.25, 0.3) is 5.91 Å². The third-order valence-corrected chi connectivity index (χ3v) is 3.75. The summed E-state index contributed by atoms with van der Waals surface area (Å²) in [4.78, 5) is 24.1. The Bertz CT molecular complexity index is 728. The van der Waals surface area contributed by atoms with Gasteiger partial charge in [0.15, 0.2) is 6.10 Å². The number of carbonyl (C=O) groups is 2. The summed E-state index contributed by atoms with van der Waals surface area (Å²) >= 11 is 3.31. The van der Waals surface area contributed by atoms with Crippen LogP contribution in [0.3, 0.4) is 0 Å². The van der Waals surface area contributed by atoms with E-state index in [1.54, 1.807) is 43.3 Å². The van der Waals surface area contributed by atoms with Crippen LogP contribution >= 0.6 is 15.9 Å². The van der Waals surface area contributed by atoms with Gasteiger partial charge in [-0.3, -0.25) is 4.79 Å². The number of amides is 1. The molecule has 0 aromatic heterocycles. The molecule has 2 aromatic carbocycles. The molecule has 0 unspecified atom stereocenters. The highest BCUT2D eigenvalue weighted by Crippen LogP contribution is 2.22. The fourth-order valence-electron chi connectivity index (χ4n) is 1.88. The molecular formula is C17H16BrNO4. The Balaban J connectivity index is 2.01. The van der Waals surface area contributed by atoms with Crippen molar-refractivity contribution in [1.82, 2.24) is 0 Å². The Labute approximate surface area is 142 Å². The number of phenols is 1. The summed E-state index contributed by atoms with van der Waals surface area (Å²) in [6.45, 7) is 3.15. The maximum Gasteiger partial charge on any atom is 0.342 e. The number of carbonyl (C=O) groups excluding carboxylic acids is 2. The van der Waals surface area contributed by atoms with Gasteiger partial charge in [0.1, 0.15) is 11.3 Å². The van der Waals surface area contributed by atoms with Crippen molar-refractivity contribution in [3.63, 3.8) is 0 Å². The number of rotatable bonds is 4. The molecule has 0 saturated heterocycles. The van der Waals surface area contributed by atoms with Crippen molar-refractivity contribution in [3.05, 3.63) is 58.1 Å². The van der Waals surface area contributed by atoms with Gasteiger partial charge in [-0.2, -0.15) is 0 Å². The normalized spacial score (nSPS) is 11.6. The van der Waals surface area contributed by atoms with Crippen LogP contribution in [0.15, 0.2) is 46.9 Å². The van der Waals surface area contributed by atoms with Crippen molar-refractivity contribution < 1.29 is 19.4 Å². The van der Waals surface area contributed by atoms with E-state index in [1.807, 2.05) is 0 Å². The maximum atomic E-state index is 12.1. The van der Waals surface area contributed by atoms with Gasteiger partial charge < -0.3 is 15.2 Å². The molecule has 0 aliphatic carbocycles. The molecule has 0 heterocycles. The SMILES string of the molecule is Cc1cccc(C(=O)O[C@@H](C)C(=O)Nc2ccc(Br)cc2)c1O. The zero-order chi connectivity index (χ0) is 17.0. The Hall–Kier alpha value is -2.34. The lowest BCUT2D eigenvalue weighted by Crippen LogP contribution is -2.30. The molecule has 0 aliphatic rings. The fourth-order valence-corrected chi connectivity index (χ4v) is 2.14. The standard InChI is InChI=1S/C17H16BrNO4/c1-10-4-3-5-14(15(10)20)17(22)23-11(2)16(21)19-13-8-6-12(18)7-9-13/h3-9,11,20H,1-2H3,(H,19,21)/t11-/m0/s1. The lowest BCUT2D eigenvalue weighted by molar-refractivity contribution is -0.123. The minimum atomic E-state index is -0.994. The van der Waals surface area contributed by atoms with Gasteiger partial charge in [-0.15, -0.1) is 0 Å². The second-order valence-electron chi connectivity index (χ2n) is 5.01. The van der Waals surface area contributed by atoms with Crippen LogP contribution in [0.2, 0.25) is 0 Å². The second-order valence-corrected chi connectivity index (χ2v) is 5.93. The number of halogens is 1. The van der Waals surface area contributed by atoms with Crippen LogP contribution < -0.4 is 5.32 Å². The van der Waals surface area contributed by atoms with Gasteiger partial charge in [-0.05, 0) is 49.7 Å². The average Bonchev–Trinajstić information content (AvgIpc) is 2.52. The van der Waals surface area contributed by atoms with E-state index in [1.165, 1.54) is 13.0 Å². The molecule has 0 fully saturated rings. The molecule has 1 atom stereocenters. The largest absolute Gasteiger partial charge is 0.507 e. The quantitative estimate of drug-likeness (QED) is 0.797. The number of nitrogens with one attached hydrogen (secondary N) is 1. The van der Waals surface area contributed by atoms with Gasteiger partial charge in [-0.25, -0.2) is 4.79 Å². The minimum Gasteiger partial charge on any atom is -0.507 e. The van der Waals surface area contributed by atoms with E-state index in [0.29, 0.717) is 11.3 Å². The van der Waals surface area contributed by atoms with E-state index in [0.717, 1.165) is 4.47 Å². The fraction of sp³-hybridized carbons (Fsp3) is 0.176. The average molecular weight is 378 g/mol. The summed E-state index contributed by atoms with van der Waals surface area (Å²) in [5.41, 5.74) is 1.19. The van der Waals surface area contributed by atoms with Gasteiger partial charge in [-0.1, -0.05) is 28.1 Å². The van der Waals surface area contributed by atoms with Crippen molar-refractivity contribution >= 4 is 33.5 Å². The summed E-state index contributed by atoms with van der Waals surface area (Å²) in [6.07, 6.45) is -0.994. The van der Waals surface area contributed by atoms with Crippen molar-refractivity contribution in [2.45, 2.75) is 20.0 Å². The number of aromatic hydroxyl groups is 1. The number of benzene rings is 2. The topological polar surface area (TPSA) is 75.6 Å². The van der Waals surface area contributed by atoms with Crippen LogP contribution in [-0.4, -0.2) is 23.1 Å². The number of hydrogen-bond acceptors (Lipinski definition) is 4. The Morgan fingerprint density at radius 1 is 1.17 bits per heavy atom. The minimum absolute atomic E-state index is 0.0355. The molecule has 2 aromatic rings. The summed E-state index contributed by atoms with van der Waals surface area (Å²) in [7, 11) is 0. The second kappa shape index (κ2) is 7.28. The molecule has 23 heavy (non-hydrogen) atoms. The predicted octanol–water partition coefficient (Wildman–Crippen LogP) is 3.65. The molecule has 5 nitrogen and oxygen atoms in total. The Kier molecular flexibility index (Phi) is 5.39. The monoisotopic (exact) mass is 377 g/mol. The Morgan fingerprint density at radius 3 is 2.48 bits per heavy atom. The van der Waals surface area contributed by atoms with Crippen molar-refractivity contribution in [1.29, 1.82) is 0 Å². The van der Waals surface area contributed by atoms with E-state index < -0.39 is 18.0 Å². The number of phenolic OH excluding ortho intramolecular Hbond substituents is 1. The van der Waals surface area contributed by atoms with Gasteiger partial charge >= 0.3 is 5.97 Å². The van der Waals surface area contributed by atoms with E-state index in [-0.39, 0.29) is 11.3 Å². The summed E-state index contributed by atoms with van der Waals surface area (Å²) in [6, 6.07) is 11.8. The molecule has 6 heteroatoms. The number of anilines is 1. The van der Waals surface area contributed by atoms with Crippen molar-refractivity contribution in [2.75, 3.05) is 5.32 Å². The number of ether oxygens (including phenoxy) is 1. The molecule has 0 bridgehead atoms. The van der Waals surface area contributed by atoms with Gasteiger partial charge in [0.05, 0.1) is 0 Å². The number of esters is 1. The molecule has 0 saturated carbocycles. The van der Waals surface area contributed by atoms with E-state index >= 15 is 0 Å². The third kappa shape index (κ3) is 4.32. The van der Waals surface area contributed by atoms with E-state index in [4.69, 9.17) is 4.74 Å². The van der Waals surface area contributed by atoms with Crippen molar-refractivity contribution in [2.24, 2.45) is 0 Å². The first-order valence-corrected chi connectivity index (χ1v) is 7.74. The number of hydrogen-bond donors (Lipinski definition) is 2. The predicted molar refractivity (Wildman–Crippen MR) is 90.5 cm³/mol. The van der Waals surface area contributed by atoms with Crippen LogP contribution in [0, 0.1) is 6.92 Å². The lowest BCUT2D eigenvalue weighted by atomic mass is 10.1. The molecule has 0 aliphatic heterocycles. The van der Waals surface area contributed by atoms with Crippen LogP contribution in [0.4, 0.5) is 5.69 Å². The number of aryl methyl sites for hydroxylation is 1. The van der Waals surface area contributed by atoms with Gasteiger partial charge in [0, 0.05) is 10.2 Å². The molecule has 1 amide bonds. The summed E-state index contributed by atoms with van der Waals surface area (Å²) < 4.78 is 6.00. The molecule has 0 spiro atoms. The highest BCUT2D eigenvalue weighted by molar-refractivity contribution is 9.10. The van der Waals surface area contributed by atoms with Crippen LogP contribution in [0.5, 0.6) is 5.75 Å². The van der Waals surface area contributed by atoms with E-state index in [9.17, 15) is 14.7 Å². The molecule has 2 rings (SSSR count). The molecule has 0 radical (unpaired) electrons. The summed E-state index contributed by atoms with van der Waals surface area (Å²) in [5.74, 6) is -1.34. The van der Waals surface area contributed by atoms with Crippen LogP contribution in [0.25, 0.3) is 0 Å². The lowest BCUT2D eigenvalue weighted by Gasteiger charge is -2.14. The van der Waals surface area contributed by atoms with E-state index in [2.05, 4.69) is 21.2 Å². The highest BCUT2D eigenvalue weighted by Gasteiger charge is 2.21. The number of para-hydroxylation sites is 1. The molecule has 120 valence electrons. The first-order valence-electron chi connectivity index (χ1n) is 6.94. The van der Waals surface area contributed by atoms with Crippen LogP contribution in [-0.2, 0) is 9.53 Å². The first-order chi connectivity index (χ1) is 10.9. The highest BCUT2D eigenvalue weighted by atomic mass is 79.9. The molecule has 2 N–H and O–H groups in total. The molecular weight excluding hydrogens is 362 g/mol. The third-order valence-electron chi connectivity index (χ3n) is 3.22. The van der Waals surface area contributed by atoms with Crippen LogP contribution in [0.1, 0.15) is 22.8 Å². The zero-order valence-corrected chi connectivity index (χ0v) is 14.3. The van der Waals surface area contributed by atoms with Crippen molar-refractivity contribution in [3.8, 4) is 5.75 Å². The Morgan fingerprint density at radius 2 is 1.83 bits per heavy atom.